The molecule has 4 nitrogen and oxygen atoms in total. The monoisotopic (exact) mass is 584 g/mol. The van der Waals surface area contributed by atoms with Gasteiger partial charge >= 0.3 is 34.5 Å². The molecule has 0 aliphatic heterocycles. The van der Waals surface area contributed by atoms with Crippen LogP contribution in [-0.4, -0.2) is 0 Å². The molecule has 4 aromatic carbocycles. The van der Waals surface area contributed by atoms with Crippen LogP contribution in [0.25, 0.3) is 0 Å². The number of hydrogen-bond donors (Lipinski definition) is 0. The molecule has 0 aliphatic carbocycles. The van der Waals surface area contributed by atoms with E-state index in [2.05, 4.69) is 0 Å². The normalized spacial score (nSPS) is 7.83. The summed E-state index contributed by atoms with van der Waals surface area (Å²) in [7, 11) is 9.71. The summed E-state index contributed by atoms with van der Waals surface area (Å²) in [5.41, 5.74) is 2.86. The molecule has 0 saturated carbocycles. The van der Waals surface area contributed by atoms with Crippen LogP contribution in [0, 0.1) is 45.3 Å². The summed E-state index contributed by atoms with van der Waals surface area (Å²) < 4.78 is 0. The average molecular weight is 584 g/mol. The van der Waals surface area contributed by atoms with Crippen molar-refractivity contribution in [1.29, 1.82) is 21.0 Å². The van der Waals surface area contributed by atoms with E-state index in [4.69, 9.17) is 40.4 Å². The first-order valence-corrected chi connectivity index (χ1v) is 14.3. The summed E-state index contributed by atoms with van der Waals surface area (Å²) in [6.07, 6.45) is 0. The van der Waals surface area contributed by atoms with Gasteiger partial charge in [-0.15, -0.1) is 0 Å². The molecule has 0 fully saturated rings. The minimum absolute atomic E-state index is 0.346. The first-order valence-electron chi connectivity index (χ1n) is 9.80. The van der Waals surface area contributed by atoms with Crippen molar-refractivity contribution < 1.29 is 15.1 Å². The summed E-state index contributed by atoms with van der Waals surface area (Å²) in [6.45, 7) is 0. The summed E-state index contributed by atoms with van der Waals surface area (Å²) in [5.74, 6) is 0. The molecule has 4 rings (SSSR count). The fourth-order valence-corrected chi connectivity index (χ4v) is 2.05. The molecule has 0 bridgehead atoms. The topological polar surface area (TPSA) is 95.2 Å². The summed E-state index contributed by atoms with van der Waals surface area (Å²) in [4.78, 5) is 0. The summed E-state index contributed by atoms with van der Waals surface area (Å²) in [6, 6.07) is 44.7. The van der Waals surface area contributed by atoms with Gasteiger partial charge < -0.3 is 0 Å². The van der Waals surface area contributed by atoms with E-state index < -0.39 is 0 Å². The van der Waals surface area contributed by atoms with Gasteiger partial charge in [0.05, 0.1) is 46.5 Å². The second-order valence-corrected chi connectivity index (χ2v) is 8.60. The van der Waals surface area contributed by atoms with Crippen LogP contribution in [0.1, 0.15) is 22.3 Å². The second kappa shape index (κ2) is 23.2. The molecule has 7 heteroatoms. The number of nitrogens with zero attached hydrogens (tertiary/aromatic N) is 4. The predicted molar refractivity (Wildman–Crippen MR) is 136 cm³/mol. The van der Waals surface area contributed by atoms with Crippen LogP contribution in [-0.2, 0) is 15.1 Å². The number of rotatable bonds is 0. The molecule has 4 aromatic rings. The van der Waals surface area contributed by atoms with Crippen molar-refractivity contribution in [3.8, 4) is 24.3 Å². The number of halogens is 2. The van der Waals surface area contributed by atoms with E-state index in [9.17, 15) is 0 Å². The van der Waals surface area contributed by atoms with E-state index in [0.29, 0.717) is 22.3 Å². The van der Waals surface area contributed by atoms with E-state index in [1.165, 1.54) is 0 Å². The van der Waals surface area contributed by atoms with Gasteiger partial charge in [-0.3, -0.25) is 0 Å². The van der Waals surface area contributed by atoms with Gasteiger partial charge in [0.1, 0.15) is 0 Å². The second-order valence-electron chi connectivity index (χ2n) is 5.96. The van der Waals surface area contributed by atoms with Crippen LogP contribution in [0.3, 0.4) is 0 Å². The molecule has 0 radical (unpaired) electrons. The molecule has 0 N–H and O–H groups in total. The molecule has 0 spiro atoms. The zero-order valence-corrected chi connectivity index (χ0v) is 21.7. The average Bonchev–Trinajstić information content (AvgIpc) is 2.96. The Hall–Kier alpha value is -3.96. The molecular formula is C28H20Cl2N4Ru. The molecule has 0 unspecified atom stereocenters. The molecule has 0 atom stereocenters. The third kappa shape index (κ3) is 18.2. The van der Waals surface area contributed by atoms with E-state index in [1.807, 2.05) is 97.1 Å². The van der Waals surface area contributed by atoms with Crippen LogP contribution in [0.15, 0.2) is 121 Å². The van der Waals surface area contributed by atoms with Crippen molar-refractivity contribution in [3.63, 3.8) is 0 Å². The van der Waals surface area contributed by atoms with Gasteiger partial charge in [0.2, 0.25) is 0 Å². The molecule has 0 aromatic heterocycles. The maximum absolute atomic E-state index is 8.29. The molecule has 35 heavy (non-hydrogen) atoms. The van der Waals surface area contributed by atoms with Gasteiger partial charge in [-0.25, -0.2) is 0 Å². The van der Waals surface area contributed by atoms with Crippen molar-refractivity contribution in [3.05, 3.63) is 144 Å². The van der Waals surface area contributed by atoms with E-state index >= 15 is 0 Å². The third-order valence-corrected chi connectivity index (χ3v) is 3.61. The SMILES string of the molecule is N#Cc1ccccc1.N#Cc1ccccc1.N#Cc1ccccc1.N#Cc1ccccc1.[Cl][Ru][Cl]. The Bertz CT molecular complexity index is 1010. The number of nitriles is 4. The van der Waals surface area contributed by atoms with Crippen molar-refractivity contribution >= 4 is 19.4 Å². The van der Waals surface area contributed by atoms with E-state index in [-0.39, 0.29) is 15.1 Å². The third-order valence-electron chi connectivity index (χ3n) is 3.61. The van der Waals surface area contributed by atoms with Gasteiger partial charge in [0, 0.05) is 0 Å². The van der Waals surface area contributed by atoms with Crippen molar-refractivity contribution in [1.82, 2.24) is 0 Å². The van der Waals surface area contributed by atoms with E-state index in [0.717, 1.165) is 0 Å². The van der Waals surface area contributed by atoms with Crippen LogP contribution < -0.4 is 0 Å². The van der Waals surface area contributed by atoms with E-state index in [1.54, 1.807) is 48.5 Å². The Morgan fingerprint density at radius 3 is 0.600 bits per heavy atom. The van der Waals surface area contributed by atoms with Crippen LogP contribution in [0.2, 0.25) is 0 Å². The molecule has 0 saturated heterocycles. The molecule has 0 heterocycles. The standard InChI is InChI=1S/4C7H5N.2ClH.Ru/c4*8-6-7-4-2-1-3-5-7;;;/h4*1-5H;2*1H;/q;;;;;;+2/p-2. The first-order chi connectivity index (χ1) is 17.1. The number of benzene rings is 4. The number of hydrogen-bond acceptors (Lipinski definition) is 4. The van der Waals surface area contributed by atoms with Crippen LogP contribution in [0.5, 0.6) is 0 Å². The summed E-state index contributed by atoms with van der Waals surface area (Å²) >= 11 is -0.346. The van der Waals surface area contributed by atoms with Gasteiger partial charge in [-0.1, -0.05) is 72.8 Å². The molecular weight excluding hydrogens is 564 g/mol. The zero-order valence-electron chi connectivity index (χ0n) is 18.4. The van der Waals surface area contributed by atoms with Gasteiger partial charge in [-0.2, -0.15) is 21.0 Å². The quantitative estimate of drug-likeness (QED) is 0.199. The molecule has 0 amide bonds. The molecule has 0 aliphatic rings. The minimum atomic E-state index is -0.346. The van der Waals surface area contributed by atoms with Gasteiger partial charge in [0.15, 0.2) is 0 Å². The Balaban J connectivity index is 0.000000424. The Morgan fingerprint density at radius 2 is 0.514 bits per heavy atom. The van der Waals surface area contributed by atoms with Crippen molar-refractivity contribution in [2.45, 2.75) is 0 Å². The maximum atomic E-state index is 8.29. The zero-order chi connectivity index (χ0) is 26.0. The predicted octanol–water partition coefficient (Wildman–Crippen LogP) is 7.61. The van der Waals surface area contributed by atoms with Gasteiger partial charge in [0.25, 0.3) is 0 Å². The van der Waals surface area contributed by atoms with Crippen molar-refractivity contribution in [2.75, 3.05) is 0 Å². The first kappa shape index (κ1) is 31.0. The summed E-state index contributed by atoms with van der Waals surface area (Å²) in [5, 5.41) is 33.2. The molecule has 174 valence electrons. The fraction of sp³-hybridized carbons (Fsp3) is 0. The Morgan fingerprint density at radius 1 is 0.371 bits per heavy atom. The van der Waals surface area contributed by atoms with Gasteiger partial charge in [-0.05, 0) is 48.5 Å². The van der Waals surface area contributed by atoms with Crippen LogP contribution >= 0.6 is 19.4 Å². The Labute approximate surface area is 222 Å². The van der Waals surface area contributed by atoms with Crippen molar-refractivity contribution in [2.24, 2.45) is 0 Å². The Kier molecular flexibility index (Phi) is 20.6. The fourth-order valence-electron chi connectivity index (χ4n) is 2.05. The van der Waals surface area contributed by atoms with Crippen LogP contribution in [0.4, 0.5) is 0 Å².